The van der Waals surface area contributed by atoms with Crippen molar-refractivity contribution in [2.75, 3.05) is 0 Å². The van der Waals surface area contributed by atoms with Gasteiger partial charge in [0, 0.05) is 5.02 Å². The highest BCUT2D eigenvalue weighted by Crippen LogP contribution is 2.16. The summed E-state index contributed by atoms with van der Waals surface area (Å²) in [6, 6.07) is 7.99. The van der Waals surface area contributed by atoms with Gasteiger partial charge in [0.15, 0.2) is 0 Å². The van der Waals surface area contributed by atoms with Crippen LogP contribution in [0.1, 0.15) is 18.4 Å². The molecule has 0 unspecified atom stereocenters. The van der Waals surface area contributed by atoms with E-state index in [0.29, 0.717) is 0 Å². The van der Waals surface area contributed by atoms with Crippen LogP contribution in [0.5, 0.6) is 0 Å². The SMILES string of the molecule is C=CCCCc1ccccc1Cl. The van der Waals surface area contributed by atoms with Gasteiger partial charge in [0.1, 0.15) is 0 Å². The zero-order chi connectivity index (χ0) is 8.81. The fourth-order valence-corrected chi connectivity index (χ4v) is 1.37. The Bertz CT molecular complexity index is 253. The van der Waals surface area contributed by atoms with Crippen LogP contribution in [0.25, 0.3) is 0 Å². The van der Waals surface area contributed by atoms with Crippen LogP contribution in [0.4, 0.5) is 0 Å². The number of aryl methyl sites for hydroxylation is 1. The maximum atomic E-state index is 5.98. The van der Waals surface area contributed by atoms with Gasteiger partial charge in [-0.15, -0.1) is 6.58 Å². The molecule has 0 aromatic heterocycles. The summed E-state index contributed by atoms with van der Waals surface area (Å²) < 4.78 is 0. The minimum absolute atomic E-state index is 0.876. The molecule has 0 nitrogen and oxygen atoms in total. The van der Waals surface area contributed by atoms with Crippen molar-refractivity contribution in [2.45, 2.75) is 19.3 Å². The highest BCUT2D eigenvalue weighted by Gasteiger charge is 1.96. The van der Waals surface area contributed by atoms with Crippen molar-refractivity contribution in [3.05, 3.63) is 47.5 Å². The third-order valence-corrected chi connectivity index (χ3v) is 2.18. The normalized spacial score (nSPS) is 9.75. The van der Waals surface area contributed by atoms with Gasteiger partial charge in [0.05, 0.1) is 0 Å². The zero-order valence-electron chi connectivity index (χ0n) is 7.09. The molecular formula is C11H13Cl. The van der Waals surface area contributed by atoms with E-state index in [0.717, 1.165) is 24.3 Å². The highest BCUT2D eigenvalue weighted by atomic mass is 35.5. The molecule has 1 rings (SSSR count). The first-order chi connectivity index (χ1) is 5.84. The van der Waals surface area contributed by atoms with Crippen LogP contribution in [0.2, 0.25) is 5.02 Å². The molecule has 0 aliphatic rings. The van der Waals surface area contributed by atoms with Gasteiger partial charge >= 0.3 is 0 Å². The largest absolute Gasteiger partial charge is 0.103 e. The van der Waals surface area contributed by atoms with E-state index in [9.17, 15) is 0 Å². The fraction of sp³-hybridized carbons (Fsp3) is 0.273. The summed E-state index contributed by atoms with van der Waals surface area (Å²) in [5.41, 5.74) is 1.24. The molecule has 0 saturated heterocycles. The third kappa shape index (κ3) is 2.71. The van der Waals surface area contributed by atoms with Crippen molar-refractivity contribution in [1.82, 2.24) is 0 Å². The lowest BCUT2D eigenvalue weighted by molar-refractivity contribution is 0.844. The van der Waals surface area contributed by atoms with Gasteiger partial charge in [-0.25, -0.2) is 0 Å². The molecule has 0 atom stereocenters. The molecule has 0 spiro atoms. The van der Waals surface area contributed by atoms with Crippen molar-refractivity contribution in [3.63, 3.8) is 0 Å². The predicted octanol–water partition coefficient (Wildman–Crippen LogP) is 3.85. The topological polar surface area (TPSA) is 0 Å². The van der Waals surface area contributed by atoms with E-state index in [2.05, 4.69) is 12.6 Å². The van der Waals surface area contributed by atoms with Gasteiger partial charge in [-0.3, -0.25) is 0 Å². The molecule has 1 aromatic carbocycles. The van der Waals surface area contributed by atoms with Crippen LogP contribution in [-0.2, 0) is 6.42 Å². The van der Waals surface area contributed by atoms with Crippen LogP contribution < -0.4 is 0 Å². The lowest BCUT2D eigenvalue weighted by atomic mass is 10.1. The van der Waals surface area contributed by atoms with Crippen molar-refractivity contribution >= 4 is 11.6 Å². The number of unbranched alkanes of at least 4 members (excludes halogenated alkanes) is 1. The average molecular weight is 181 g/mol. The lowest BCUT2D eigenvalue weighted by Gasteiger charge is -2.01. The van der Waals surface area contributed by atoms with E-state index in [1.807, 2.05) is 24.3 Å². The summed E-state index contributed by atoms with van der Waals surface area (Å²) in [5, 5.41) is 0.876. The monoisotopic (exact) mass is 180 g/mol. The quantitative estimate of drug-likeness (QED) is 0.488. The first-order valence-corrected chi connectivity index (χ1v) is 4.56. The summed E-state index contributed by atoms with van der Waals surface area (Å²) in [4.78, 5) is 0. The molecular weight excluding hydrogens is 168 g/mol. The van der Waals surface area contributed by atoms with E-state index < -0.39 is 0 Å². The van der Waals surface area contributed by atoms with Gasteiger partial charge in [-0.1, -0.05) is 35.9 Å². The Labute approximate surface area is 78.9 Å². The van der Waals surface area contributed by atoms with Crippen molar-refractivity contribution in [3.8, 4) is 0 Å². The molecule has 1 aromatic rings. The average Bonchev–Trinajstić information content (AvgIpc) is 2.09. The second kappa shape index (κ2) is 5.00. The Hall–Kier alpha value is -0.750. The van der Waals surface area contributed by atoms with Crippen LogP contribution in [0, 0.1) is 0 Å². The number of hydrogen-bond donors (Lipinski definition) is 0. The van der Waals surface area contributed by atoms with E-state index in [1.54, 1.807) is 0 Å². The molecule has 0 saturated carbocycles. The van der Waals surface area contributed by atoms with E-state index in [-0.39, 0.29) is 0 Å². The summed E-state index contributed by atoms with van der Waals surface area (Å²) >= 11 is 5.98. The summed E-state index contributed by atoms with van der Waals surface area (Å²) in [6.07, 6.45) is 5.18. The number of benzene rings is 1. The molecule has 0 N–H and O–H groups in total. The molecule has 0 amide bonds. The molecule has 0 radical (unpaired) electrons. The molecule has 1 heteroatoms. The van der Waals surface area contributed by atoms with Crippen molar-refractivity contribution in [2.24, 2.45) is 0 Å². The maximum Gasteiger partial charge on any atom is 0.0437 e. The number of rotatable bonds is 4. The lowest BCUT2D eigenvalue weighted by Crippen LogP contribution is -1.84. The Morgan fingerprint density at radius 1 is 1.33 bits per heavy atom. The first kappa shape index (κ1) is 9.34. The minimum atomic E-state index is 0.876. The smallest absolute Gasteiger partial charge is 0.0437 e. The molecule has 12 heavy (non-hydrogen) atoms. The van der Waals surface area contributed by atoms with Crippen molar-refractivity contribution < 1.29 is 0 Å². The first-order valence-electron chi connectivity index (χ1n) is 4.19. The van der Waals surface area contributed by atoms with Crippen LogP contribution in [0.15, 0.2) is 36.9 Å². The Morgan fingerprint density at radius 2 is 2.08 bits per heavy atom. The van der Waals surface area contributed by atoms with Gasteiger partial charge in [-0.05, 0) is 30.9 Å². The molecule has 64 valence electrons. The standard InChI is InChI=1S/C11H13Cl/c1-2-3-4-7-10-8-5-6-9-11(10)12/h2,5-6,8-9H,1,3-4,7H2. The van der Waals surface area contributed by atoms with Crippen LogP contribution >= 0.6 is 11.6 Å². The van der Waals surface area contributed by atoms with Crippen LogP contribution in [-0.4, -0.2) is 0 Å². The summed E-state index contributed by atoms with van der Waals surface area (Å²) in [5.74, 6) is 0. The molecule has 0 aliphatic carbocycles. The summed E-state index contributed by atoms with van der Waals surface area (Å²) in [7, 11) is 0. The predicted molar refractivity (Wildman–Crippen MR) is 54.6 cm³/mol. The second-order valence-electron chi connectivity index (χ2n) is 2.77. The van der Waals surface area contributed by atoms with E-state index in [1.165, 1.54) is 5.56 Å². The fourth-order valence-electron chi connectivity index (χ4n) is 1.14. The Kier molecular flexibility index (Phi) is 3.89. The zero-order valence-corrected chi connectivity index (χ0v) is 7.85. The Balaban J connectivity index is 2.51. The van der Waals surface area contributed by atoms with Crippen LogP contribution in [0.3, 0.4) is 0 Å². The number of halogens is 1. The molecule has 0 bridgehead atoms. The van der Waals surface area contributed by atoms with Crippen molar-refractivity contribution in [1.29, 1.82) is 0 Å². The van der Waals surface area contributed by atoms with Gasteiger partial charge in [-0.2, -0.15) is 0 Å². The summed E-state index contributed by atoms with van der Waals surface area (Å²) in [6.45, 7) is 3.68. The minimum Gasteiger partial charge on any atom is -0.103 e. The number of hydrogen-bond acceptors (Lipinski definition) is 0. The third-order valence-electron chi connectivity index (χ3n) is 1.81. The van der Waals surface area contributed by atoms with Gasteiger partial charge in [0.25, 0.3) is 0 Å². The van der Waals surface area contributed by atoms with Gasteiger partial charge in [0.2, 0.25) is 0 Å². The molecule has 0 fully saturated rings. The molecule has 0 heterocycles. The number of allylic oxidation sites excluding steroid dienone is 1. The van der Waals surface area contributed by atoms with Gasteiger partial charge < -0.3 is 0 Å². The Morgan fingerprint density at radius 3 is 2.75 bits per heavy atom. The van der Waals surface area contributed by atoms with E-state index in [4.69, 9.17) is 11.6 Å². The molecule has 0 aliphatic heterocycles. The highest BCUT2D eigenvalue weighted by molar-refractivity contribution is 6.31. The van der Waals surface area contributed by atoms with E-state index >= 15 is 0 Å². The second-order valence-corrected chi connectivity index (χ2v) is 3.18. The maximum absolute atomic E-state index is 5.98.